The molecule has 1 heterocycles. The lowest BCUT2D eigenvalue weighted by Crippen LogP contribution is -2.16. The van der Waals surface area contributed by atoms with Gasteiger partial charge in [-0.25, -0.2) is 9.97 Å². The van der Waals surface area contributed by atoms with Gasteiger partial charge >= 0.3 is 0 Å². The highest BCUT2D eigenvalue weighted by Gasteiger charge is 2.44. The number of nitrogens with two attached hydrogens (primary N) is 1. The highest BCUT2D eigenvalue weighted by Crippen LogP contribution is 2.50. The molecular formula is C17H19N3O2. The van der Waals surface area contributed by atoms with E-state index in [2.05, 4.69) is 22.1 Å². The summed E-state index contributed by atoms with van der Waals surface area (Å²) in [4.78, 5) is 20.1. The summed E-state index contributed by atoms with van der Waals surface area (Å²) in [7, 11) is 1.67. The van der Waals surface area contributed by atoms with E-state index in [1.54, 1.807) is 19.5 Å². The average Bonchev–Trinajstić information content (AvgIpc) is 3.35. The standard InChI is InChI=1S/C17H19N3O2/c1-22-14-4-2-13(3-5-14)17(6-7-17)8-16-19-10-12(11-20-16)15(21)9-18/h2-5,10-11H,6-9,18H2,1H3. The van der Waals surface area contributed by atoms with Crippen molar-refractivity contribution >= 4 is 5.78 Å². The van der Waals surface area contributed by atoms with Gasteiger partial charge in [0, 0.05) is 24.2 Å². The van der Waals surface area contributed by atoms with E-state index in [1.807, 2.05) is 12.1 Å². The second-order valence-corrected chi connectivity index (χ2v) is 5.70. The third-order valence-electron chi connectivity index (χ3n) is 4.27. The van der Waals surface area contributed by atoms with E-state index in [0.717, 1.165) is 30.8 Å². The first-order valence-corrected chi connectivity index (χ1v) is 7.35. The molecular weight excluding hydrogens is 278 g/mol. The molecule has 0 atom stereocenters. The molecule has 0 bridgehead atoms. The molecule has 2 N–H and O–H groups in total. The van der Waals surface area contributed by atoms with Crippen LogP contribution in [-0.4, -0.2) is 29.4 Å². The van der Waals surface area contributed by atoms with Crippen molar-refractivity contribution in [3.05, 3.63) is 53.6 Å². The molecule has 0 saturated heterocycles. The van der Waals surface area contributed by atoms with E-state index >= 15 is 0 Å². The van der Waals surface area contributed by atoms with E-state index in [0.29, 0.717) is 5.56 Å². The molecule has 22 heavy (non-hydrogen) atoms. The zero-order valence-corrected chi connectivity index (χ0v) is 12.6. The fourth-order valence-electron chi connectivity index (χ4n) is 2.67. The fourth-order valence-corrected chi connectivity index (χ4v) is 2.67. The minimum atomic E-state index is -0.136. The number of hydrogen-bond acceptors (Lipinski definition) is 5. The van der Waals surface area contributed by atoms with Crippen LogP contribution in [0.3, 0.4) is 0 Å². The molecule has 1 fully saturated rings. The molecule has 1 saturated carbocycles. The molecule has 1 aliphatic rings. The number of methoxy groups -OCH3 is 1. The Morgan fingerprint density at radius 3 is 2.36 bits per heavy atom. The summed E-state index contributed by atoms with van der Waals surface area (Å²) >= 11 is 0. The van der Waals surface area contributed by atoms with Gasteiger partial charge in [-0.15, -0.1) is 0 Å². The highest BCUT2D eigenvalue weighted by molar-refractivity contribution is 5.96. The molecule has 0 aliphatic heterocycles. The van der Waals surface area contributed by atoms with Gasteiger partial charge in [-0.3, -0.25) is 4.79 Å². The molecule has 0 unspecified atom stereocenters. The van der Waals surface area contributed by atoms with Gasteiger partial charge in [-0.05, 0) is 30.5 Å². The minimum Gasteiger partial charge on any atom is -0.497 e. The molecule has 2 aromatic rings. The Hall–Kier alpha value is -2.27. The molecule has 114 valence electrons. The van der Waals surface area contributed by atoms with E-state index in [-0.39, 0.29) is 17.7 Å². The predicted octanol–water partition coefficient (Wildman–Crippen LogP) is 1.90. The molecule has 0 amide bonds. The summed E-state index contributed by atoms with van der Waals surface area (Å²) in [5.74, 6) is 1.49. The topological polar surface area (TPSA) is 78.1 Å². The average molecular weight is 297 g/mol. The number of Topliss-reactive ketones (excluding diaryl/α,β-unsaturated/α-hetero) is 1. The van der Waals surface area contributed by atoms with Crippen LogP contribution in [-0.2, 0) is 11.8 Å². The van der Waals surface area contributed by atoms with Gasteiger partial charge < -0.3 is 10.5 Å². The number of ketones is 1. The van der Waals surface area contributed by atoms with Crippen LogP contribution in [0.5, 0.6) is 5.75 Å². The Balaban J connectivity index is 1.75. The zero-order valence-electron chi connectivity index (χ0n) is 12.6. The number of hydrogen-bond donors (Lipinski definition) is 1. The first kappa shape index (κ1) is 14.7. The highest BCUT2D eigenvalue weighted by atomic mass is 16.5. The van der Waals surface area contributed by atoms with Crippen LogP contribution in [0.1, 0.15) is 34.6 Å². The molecule has 5 heteroatoms. The van der Waals surface area contributed by atoms with Crippen LogP contribution < -0.4 is 10.5 Å². The van der Waals surface area contributed by atoms with E-state index in [4.69, 9.17) is 10.5 Å². The molecule has 0 spiro atoms. The number of aromatic nitrogens is 2. The van der Waals surface area contributed by atoms with Crippen molar-refractivity contribution in [1.29, 1.82) is 0 Å². The van der Waals surface area contributed by atoms with Crippen molar-refractivity contribution < 1.29 is 9.53 Å². The van der Waals surface area contributed by atoms with E-state index < -0.39 is 0 Å². The van der Waals surface area contributed by atoms with Gasteiger partial charge in [0.1, 0.15) is 11.6 Å². The maximum Gasteiger partial charge on any atom is 0.179 e. The zero-order chi connectivity index (χ0) is 15.6. The predicted molar refractivity (Wildman–Crippen MR) is 83.0 cm³/mol. The van der Waals surface area contributed by atoms with Crippen LogP contribution in [0.15, 0.2) is 36.7 Å². The van der Waals surface area contributed by atoms with Gasteiger partial charge in [0.2, 0.25) is 0 Å². The lowest BCUT2D eigenvalue weighted by atomic mass is 9.92. The van der Waals surface area contributed by atoms with E-state index in [9.17, 15) is 4.79 Å². The monoisotopic (exact) mass is 297 g/mol. The quantitative estimate of drug-likeness (QED) is 0.824. The number of nitrogens with zero attached hydrogens (tertiary/aromatic N) is 2. The maximum absolute atomic E-state index is 11.5. The maximum atomic E-state index is 11.5. The van der Waals surface area contributed by atoms with Gasteiger partial charge in [-0.2, -0.15) is 0 Å². The van der Waals surface area contributed by atoms with Crippen LogP contribution in [0.4, 0.5) is 0 Å². The number of benzene rings is 1. The van der Waals surface area contributed by atoms with Gasteiger partial charge in [0.15, 0.2) is 5.78 Å². The first-order chi connectivity index (χ1) is 10.7. The number of carbonyl (C=O) groups is 1. The summed E-state index contributed by atoms with van der Waals surface area (Å²) in [6, 6.07) is 8.19. The largest absolute Gasteiger partial charge is 0.497 e. The second-order valence-electron chi connectivity index (χ2n) is 5.70. The lowest BCUT2D eigenvalue weighted by molar-refractivity contribution is 0.100. The summed E-state index contributed by atoms with van der Waals surface area (Å²) in [5.41, 5.74) is 7.23. The Kier molecular flexibility index (Phi) is 3.90. The third kappa shape index (κ3) is 2.85. The summed E-state index contributed by atoms with van der Waals surface area (Å²) < 4.78 is 5.20. The SMILES string of the molecule is COc1ccc(C2(Cc3ncc(C(=O)CN)cn3)CC2)cc1. The molecule has 1 aromatic carbocycles. The van der Waals surface area contributed by atoms with Crippen molar-refractivity contribution in [1.82, 2.24) is 9.97 Å². The number of ether oxygens (including phenoxy) is 1. The Bertz CT molecular complexity index is 661. The summed E-state index contributed by atoms with van der Waals surface area (Å²) in [5, 5.41) is 0. The smallest absolute Gasteiger partial charge is 0.179 e. The third-order valence-corrected chi connectivity index (χ3v) is 4.27. The van der Waals surface area contributed by atoms with Crippen LogP contribution in [0.2, 0.25) is 0 Å². The van der Waals surface area contributed by atoms with E-state index in [1.165, 1.54) is 5.56 Å². The number of carbonyl (C=O) groups excluding carboxylic acids is 1. The van der Waals surface area contributed by atoms with Crippen molar-refractivity contribution in [3.63, 3.8) is 0 Å². The summed E-state index contributed by atoms with van der Waals surface area (Å²) in [6.07, 6.45) is 6.19. The normalized spacial score (nSPS) is 15.4. The molecule has 5 nitrogen and oxygen atoms in total. The first-order valence-electron chi connectivity index (χ1n) is 7.35. The van der Waals surface area contributed by atoms with Gasteiger partial charge in [0.05, 0.1) is 19.2 Å². The van der Waals surface area contributed by atoms with Gasteiger partial charge in [0.25, 0.3) is 0 Å². The molecule has 1 aromatic heterocycles. The lowest BCUT2D eigenvalue weighted by Gasteiger charge is -2.15. The fraction of sp³-hybridized carbons (Fsp3) is 0.353. The number of rotatable bonds is 6. The minimum absolute atomic E-state index is 0.0154. The molecule has 1 aliphatic carbocycles. The molecule has 3 rings (SSSR count). The van der Waals surface area contributed by atoms with Crippen molar-refractivity contribution in [3.8, 4) is 5.75 Å². The van der Waals surface area contributed by atoms with Crippen molar-refractivity contribution in [2.24, 2.45) is 5.73 Å². The second kappa shape index (κ2) is 5.85. The summed E-state index contributed by atoms with van der Waals surface area (Å²) in [6.45, 7) is -0.0154. The Morgan fingerprint density at radius 1 is 1.23 bits per heavy atom. The van der Waals surface area contributed by atoms with Crippen LogP contribution >= 0.6 is 0 Å². The molecule has 0 radical (unpaired) electrons. The van der Waals surface area contributed by atoms with Gasteiger partial charge in [-0.1, -0.05) is 12.1 Å². The van der Waals surface area contributed by atoms with Crippen LogP contribution in [0.25, 0.3) is 0 Å². The van der Waals surface area contributed by atoms with Crippen molar-refractivity contribution in [2.75, 3.05) is 13.7 Å². The Morgan fingerprint density at radius 2 is 1.86 bits per heavy atom. The van der Waals surface area contributed by atoms with Crippen LogP contribution in [0, 0.1) is 0 Å². The van der Waals surface area contributed by atoms with Crippen molar-refractivity contribution in [2.45, 2.75) is 24.7 Å². The Labute approximate surface area is 129 Å².